The van der Waals surface area contributed by atoms with Crippen molar-refractivity contribution in [1.82, 2.24) is 10.3 Å². The number of ether oxygens (including phenoxy) is 1. The first-order valence-electron chi connectivity index (χ1n) is 6.22. The third kappa shape index (κ3) is 3.10. The van der Waals surface area contributed by atoms with Gasteiger partial charge in [-0.2, -0.15) is 4.90 Å². The van der Waals surface area contributed by atoms with Gasteiger partial charge in [-0.05, 0) is 26.8 Å². The SMILES string of the molecule is CC(C)(C)OC(=O)N(C(=O)O)c1cnc2c(c1)C(=O)NC2. The lowest BCUT2D eigenvalue weighted by Crippen LogP contribution is -2.40. The van der Waals surface area contributed by atoms with Crippen LogP contribution in [0.15, 0.2) is 12.3 Å². The fourth-order valence-electron chi connectivity index (χ4n) is 1.80. The second kappa shape index (κ2) is 5.04. The van der Waals surface area contributed by atoms with Crippen LogP contribution in [0, 0.1) is 0 Å². The number of amides is 3. The van der Waals surface area contributed by atoms with Crippen molar-refractivity contribution in [3.05, 3.63) is 23.5 Å². The van der Waals surface area contributed by atoms with Crippen LogP contribution < -0.4 is 10.2 Å². The summed E-state index contributed by atoms with van der Waals surface area (Å²) in [5.74, 6) is -0.353. The van der Waals surface area contributed by atoms with Crippen molar-refractivity contribution in [3.63, 3.8) is 0 Å². The molecule has 0 saturated carbocycles. The number of imide groups is 1. The highest BCUT2D eigenvalue weighted by molar-refractivity contribution is 6.09. The summed E-state index contributed by atoms with van der Waals surface area (Å²) in [7, 11) is 0. The Kier molecular flexibility index (Phi) is 3.54. The molecule has 1 aliphatic heterocycles. The molecule has 8 heteroatoms. The number of carbonyl (C=O) groups excluding carboxylic acids is 2. The van der Waals surface area contributed by atoms with Crippen LogP contribution in [0.25, 0.3) is 0 Å². The van der Waals surface area contributed by atoms with Crippen LogP contribution >= 0.6 is 0 Å². The van der Waals surface area contributed by atoms with E-state index < -0.39 is 17.8 Å². The minimum absolute atomic E-state index is 0.0347. The Balaban J connectivity index is 2.36. The van der Waals surface area contributed by atoms with Crippen molar-refractivity contribution < 1.29 is 24.2 Å². The number of pyridine rings is 1. The summed E-state index contributed by atoms with van der Waals surface area (Å²) in [6, 6.07) is 1.31. The molecule has 0 aliphatic carbocycles. The maximum absolute atomic E-state index is 12.0. The first-order valence-corrected chi connectivity index (χ1v) is 6.22. The molecule has 2 heterocycles. The number of nitrogens with zero attached hydrogens (tertiary/aromatic N) is 2. The van der Waals surface area contributed by atoms with Crippen LogP contribution in [-0.4, -0.2) is 33.8 Å². The average Bonchev–Trinajstić information content (AvgIpc) is 2.68. The predicted octanol–water partition coefficient (Wildman–Crippen LogP) is 1.74. The minimum atomic E-state index is -1.51. The highest BCUT2D eigenvalue weighted by atomic mass is 16.6. The Morgan fingerprint density at radius 2 is 2.10 bits per heavy atom. The Labute approximate surface area is 120 Å². The number of carboxylic acid groups (broad SMARTS) is 1. The number of aromatic nitrogens is 1. The van der Waals surface area contributed by atoms with E-state index in [1.54, 1.807) is 20.8 Å². The second-order valence-electron chi connectivity index (χ2n) is 5.47. The van der Waals surface area contributed by atoms with Gasteiger partial charge in [0, 0.05) is 0 Å². The summed E-state index contributed by atoms with van der Waals surface area (Å²) in [6.07, 6.45) is -1.34. The first-order chi connectivity index (χ1) is 9.69. The van der Waals surface area contributed by atoms with Crippen LogP contribution in [0.3, 0.4) is 0 Å². The molecule has 0 unspecified atom stereocenters. The summed E-state index contributed by atoms with van der Waals surface area (Å²) in [5.41, 5.74) is -0.111. The molecule has 0 atom stereocenters. The van der Waals surface area contributed by atoms with E-state index in [0.29, 0.717) is 10.6 Å². The molecule has 0 aromatic carbocycles. The Bertz CT molecular complexity index is 621. The summed E-state index contributed by atoms with van der Waals surface area (Å²) in [5, 5.41) is 11.8. The van der Waals surface area contributed by atoms with Crippen LogP contribution in [0.5, 0.6) is 0 Å². The van der Waals surface area contributed by atoms with Crippen molar-refractivity contribution in [2.75, 3.05) is 4.90 Å². The lowest BCUT2D eigenvalue weighted by atomic mass is 10.2. The zero-order chi connectivity index (χ0) is 15.8. The zero-order valence-electron chi connectivity index (χ0n) is 11.8. The van der Waals surface area contributed by atoms with E-state index in [2.05, 4.69) is 10.3 Å². The van der Waals surface area contributed by atoms with E-state index in [4.69, 9.17) is 4.74 Å². The van der Waals surface area contributed by atoms with Crippen LogP contribution in [0.4, 0.5) is 15.3 Å². The van der Waals surface area contributed by atoms with Gasteiger partial charge in [-0.25, -0.2) is 9.59 Å². The average molecular weight is 293 g/mol. The molecule has 3 amide bonds. The molecule has 1 aliphatic rings. The quantitative estimate of drug-likeness (QED) is 0.816. The van der Waals surface area contributed by atoms with Crippen molar-refractivity contribution in [2.45, 2.75) is 32.9 Å². The van der Waals surface area contributed by atoms with Gasteiger partial charge in [0.25, 0.3) is 5.91 Å². The first kappa shape index (κ1) is 14.8. The third-order valence-electron chi connectivity index (χ3n) is 2.64. The number of rotatable bonds is 1. The molecule has 0 bridgehead atoms. The minimum Gasteiger partial charge on any atom is -0.464 e. The molecule has 1 aromatic rings. The smallest absolute Gasteiger partial charge is 0.424 e. The number of anilines is 1. The molecule has 0 fully saturated rings. The van der Waals surface area contributed by atoms with Gasteiger partial charge in [0.15, 0.2) is 0 Å². The highest BCUT2D eigenvalue weighted by Gasteiger charge is 2.30. The van der Waals surface area contributed by atoms with Crippen molar-refractivity contribution >= 4 is 23.8 Å². The highest BCUT2D eigenvalue weighted by Crippen LogP contribution is 2.22. The zero-order valence-corrected chi connectivity index (χ0v) is 11.8. The molecule has 0 radical (unpaired) electrons. The molecule has 2 N–H and O–H groups in total. The molecule has 0 spiro atoms. The standard InChI is InChI=1S/C13H15N3O5/c1-13(2,3)21-12(20)16(11(18)19)7-4-8-9(14-5-7)6-15-10(8)17/h4-5H,6H2,1-3H3,(H,15,17)(H,18,19). The molecule has 21 heavy (non-hydrogen) atoms. The summed E-state index contributed by atoms with van der Waals surface area (Å²) in [6.45, 7) is 5.16. The van der Waals surface area contributed by atoms with Crippen LogP contribution in [0.1, 0.15) is 36.8 Å². The Morgan fingerprint density at radius 3 is 2.67 bits per heavy atom. The molecular formula is C13H15N3O5. The number of nitrogens with one attached hydrogen (secondary N) is 1. The van der Waals surface area contributed by atoms with Crippen LogP contribution in [0.2, 0.25) is 0 Å². The molecular weight excluding hydrogens is 278 g/mol. The maximum Gasteiger partial charge on any atom is 0.424 e. The molecule has 8 nitrogen and oxygen atoms in total. The maximum atomic E-state index is 12.0. The Morgan fingerprint density at radius 1 is 1.43 bits per heavy atom. The van der Waals surface area contributed by atoms with Crippen molar-refractivity contribution in [1.29, 1.82) is 0 Å². The van der Waals surface area contributed by atoms with E-state index in [-0.39, 0.29) is 23.7 Å². The second-order valence-corrected chi connectivity index (χ2v) is 5.47. The van der Waals surface area contributed by atoms with Gasteiger partial charge >= 0.3 is 12.2 Å². The van der Waals surface area contributed by atoms with E-state index in [0.717, 1.165) is 0 Å². The number of hydrogen-bond donors (Lipinski definition) is 2. The van der Waals surface area contributed by atoms with Gasteiger partial charge < -0.3 is 15.2 Å². The lowest BCUT2D eigenvalue weighted by Gasteiger charge is -2.24. The van der Waals surface area contributed by atoms with Crippen molar-refractivity contribution in [3.8, 4) is 0 Å². The lowest BCUT2D eigenvalue weighted by molar-refractivity contribution is 0.0581. The Hall–Kier alpha value is -2.64. The normalized spacial score (nSPS) is 13.4. The fraction of sp³-hybridized carbons (Fsp3) is 0.385. The third-order valence-corrected chi connectivity index (χ3v) is 2.64. The van der Waals surface area contributed by atoms with Gasteiger partial charge in [-0.3, -0.25) is 9.78 Å². The molecule has 2 rings (SSSR count). The molecule has 112 valence electrons. The van der Waals surface area contributed by atoms with E-state index in [1.807, 2.05) is 0 Å². The van der Waals surface area contributed by atoms with Gasteiger partial charge in [-0.1, -0.05) is 0 Å². The van der Waals surface area contributed by atoms with Crippen LogP contribution in [-0.2, 0) is 11.3 Å². The number of carbonyl (C=O) groups is 3. The van der Waals surface area contributed by atoms with Gasteiger partial charge in [0.05, 0.1) is 29.7 Å². The largest absolute Gasteiger partial charge is 0.464 e. The molecule has 0 saturated heterocycles. The van der Waals surface area contributed by atoms with E-state index in [1.165, 1.54) is 12.3 Å². The summed E-state index contributed by atoms with van der Waals surface area (Å²) < 4.78 is 5.04. The van der Waals surface area contributed by atoms with Gasteiger partial charge in [0.1, 0.15) is 5.60 Å². The molecule has 1 aromatic heterocycles. The summed E-state index contributed by atoms with van der Waals surface area (Å²) >= 11 is 0. The van der Waals surface area contributed by atoms with E-state index >= 15 is 0 Å². The predicted molar refractivity (Wildman–Crippen MR) is 72.1 cm³/mol. The van der Waals surface area contributed by atoms with E-state index in [9.17, 15) is 19.5 Å². The summed E-state index contributed by atoms with van der Waals surface area (Å²) in [4.78, 5) is 39.3. The monoisotopic (exact) mass is 293 g/mol. The van der Waals surface area contributed by atoms with Gasteiger partial charge in [0.2, 0.25) is 0 Å². The van der Waals surface area contributed by atoms with Crippen molar-refractivity contribution in [2.24, 2.45) is 0 Å². The topological polar surface area (TPSA) is 109 Å². The van der Waals surface area contributed by atoms with Gasteiger partial charge in [-0.15, -0.1) is 0 Å². The number of fused-ring (bicyclic) bond motifs is 1. The fourth-order valence-corrected chi connectivity index (χ4v) is 1.80. The number of hydrogen-bond acceptors (Lipinski definition) is 5.